The van der Waals surface area contributed by atoms with Crippen molar-refractivity contribution >= 4 is 23.7 Å². The molecule has 0 spiro atoms. The number of hydrogen-bond donors (Lipinski definition) is 1. The van der Waals surface area contributed by atoms with Crippen molar-refractivity contribution in [1.82, 2.24) is 0 Å². The molecule has 8 nitrogen and oxygen atoms in total. The smallest absolute Gasteiger partial charge is 0.412 e. The van der Waals surface area contributed by atoms with Gasteiger partial charge in [0.15, 0.2) is 5.92 Å². The summed E-state index contributed by atoms with van der Waals surface area (Å²) in [7, 11) is 3.76. The van der Waals surface area contributed by atoms with E-state index in [2.05, 4.69) is 14.8 Å². The first-order valence-corrected chi connectivity index (χ1v) is 7.46. The van der Waals surface area contributed by atoms with Crippen LogP contribution in [0.2, 0.25) is 0 Å². The van der Waals surface area contributed by atoms with E-state index in [9.17, 15) is 14.4 Å². The molecule has 1 rings (SSSR count). The molecule has 0 aliphatic rings. The van der Waals surface area contributed by atoms with Gasteiger partial charge in [0.25, 0.3) is 0 Å². The first kappa shape index (κ1) is 20.3. The number of esters is 2. The van der Waals surface area contributed by atoms with Gasteiger partial charge in [-0.2, -0.15) is 0 Å². The van der Waals surface area contributed by atoms with Crippen LogP contribution >= 0.6 is 0 Å². The quantitative estimate of drug-likeness (QED) is 0.493. The van der Waals surface area contributed by atoms with Crippen LogP contribution in [0.5, 0.6) is 5.75 Å². The van der Waals surface area contributed by atoms with E-state index < -0.39 is 29.6 Å². The fourth-order valence-corrected chi connectivity index (χ4v) is 2.02. The second-order valence-electron chi connectivity index (χ2n) is 6.06. The Balaban J connectivity index is 3.31. The Bertz CT molecular complexity index is 633. The molecule has 0 heterocycles. The lowest BCUT2D eigenvalue weighted by molar-refractivity contribution is -0.154. The Labute approximate surface area is 146 Å². The normalized spacial score (nSPS) is 10.8. The third-order valence-corrected chi connectivity index (χ3v) is 3.08. The second-order valence-corrected chi connectivity index (χ2v) is 6.06. The molecule has 1 aromatic carbocycles. The number of nitrogens with one attached hydrogen (secondary N) is 1. The summed E-state index contributed by atoms with van der Waals surface area (Å²) in [6.45, 7) is 5.14. The molecule has 8 heteroatoms. The van der Waals surface area contributed by atoms with Gasteiger partial charge in [-0.1, -0.05) is 6.07 Å². The first-order chi connectivity index (χ1) is 11.6. The predicted molar refractivity (Wildman–Crippen MR) is 89.6 cm³/mol. The van der Waals surface area contributed by atoms with Crippen molar-refractivity contribution in [2.24, 2.45) is 0 Å². The number of carbonyl (C=O) groups excluding carboxylic acids is 3. The second kappa shape index (κ2) is 8.36. The first-order valence-electron chi connectivity index (χ1n) is 7.46. The van der Waals surface area contributed by atoms with Crippen molar-refractivity contribution in [2.75, 3.05) is 26.6 Å². The predicted octanol–water partition coefficient (Wildman–Crippen LogP) is 2.47. The Morgan fingerprint density at radius 1 is 1.00 bits per heavy atom. The fraction of sp³-hybridized carbons (Fsp3) is 0.471. The van der Waals surface area contributed by atoms with Crippen LogP contribution < -0.4 is 10.1 Å². The van der Waals surface area contributed by atoms with E-state index in [1.807, 2.05) is 0 Å². The molecule has 0 aliphatic heterocycles. The van der Waals surface area contributed by atoms with E-state index in [0.717, 1.165) is 14.2 Å². The molecule has 0 saturated heterocycles. The van der Waals surface area contributed by atoms with Gasteiger partial charge in [-0.25, -0.2) is 4.79 Å². The zero-order valence-corrected chi connectivity index (χ0v) is 15.2. The van der Waals surface area contributed by atoms with Gasteiger partial charge < -0.3 is 18.9 Å². The van der Waals surface area contributed by atoms with Crippen molar-refractivity contribution in [2.45, 2.75) is 32.3 Å². The number of hydrogen-bond acceptors (Lipinski definition) is 7. The number of methoxy groups -OCH3 is 3. The third kappa shape index (κ3) is 5.66. The lowest BCUT2D eigenvalue weighted by atomic mass is 9.97. The standard InChI is InChI=1S/C17H23NO7/c1-17(2,3)25-16(21)18-12-9-10(22-4)7-8-11(12)13(14(19)23-5)15(20)24-6/h7-9,13H,1-6H3,(H,18,21). The lowest BCUT2D eigenvalue weighted by Crippen LogP contribution is -2.29. The van der Waals surface area contributed by atoms with E-state index in [4.69, 9.17) is 9.47 Å². The van der Waals surface area contributed by atoms with E-state index in [1.54, 1.807) is 26.8 Å². The molecule has 1 aromatic rings. The molecule has 1 amide bonds. The Morgan fingerprint density at radius 2 is 1.56 bits per heavy atom. The zero-order valence-electron chi connectivity index (χ0n) is 15.2. The molecule has 0 atom stereocenters. The van der Waals surface area contributed by atoms with Gasteiger partial charge in [-0.05, 0) is 26.8 Å². The van der Waals surface area contributed by atoms with Crippen molar-refractivity contribution in [3.8, 4) is 5.75 Å². The average molecular weight is 353 g/mol. The molecule has 1 N–H and O–H groups in total. The fourth-order valence-electron chi connectivity index (χ4n) is 2.02. The molecule has 0 radical (unpaired) electrons. The molecule has 0 aliphatic carbocycles. The average Bonchev–Trinajstić information content (AvgIpc) is 2.53. The molecule has 138 valence electrons. The summed E-state index contributed by atoms with van der Waals surface area (Å²) in [5, 5.41) is 2.52. The molecule has 0 bridgehead atoms. The number of ether oxygens (including phenoxy) is 4. The summed E-state index contributed by atoms with van der Waals surface area (Å²) in [6, 6.07) is 4.50. The molecule has 0 unspecified atom stereocenters. The highest BCUT2D eigenvalue weighted by molar-refractivity contribution is 6.03. The van der Waals surface area contributed by atoms with Crippen LogP contribution in [-0.2, 0) is 23.8 Å². The minimum absolute atomic E-state index is 0.175. The van der Waals surface area contributed by atoms with Crippen LogP contribution in [-0.4, -0.2) is 45.0 Å². The zero-order chi connectivity index (χ0) is 19.2. The van der Waals surface area contributed by atoms with E-state index in [-0.39, 0.29) is 11.3 Å². The summed E-state index contributed by atoms with van der Waals surface area (Å²) in [5.74, 6) is -2.57. The van der Waals surface area contributed by atoms with Gasteiger partial charge in [-0.3, -0.25) is 14.9 Å². The highest BCUT2D eigenvalue weighted by atomic mass is 16.6. The maximum absolute atomic E-state index is 12.1. The van der Waals surface area contributed by atoms with Crippen molar-refractivity contribution < 1.29 is 33.3 Å². The van der Waals surface area contributed by atoms with Crippen molar-refractivity contribution in [1.29, 1.82) is 0 Å². The van der Waals surface area contributed by atoms with Gasteiger partial charge >= 0.3 is 18.0 Å². The molecule has 0 aromatic heterocycles. The van der Waals surface area contributed by atoms with E-state index >= 15 is 0 Å². The van der Waals surface area contributed by atoms with Crippen molar-refractivity contribution in [3.63, 3.8) is 0 Å². The highest BCUT2D eigenvalue weighted by Gasteiger charge is 2.33. The van der Waals surface area contributed by atoms with Crippen LogP contribution in [0.3, 0.4) is 0 Å². The van der Waals surface area contributed by atoms with Gasteiger partial charge in [-0.15, -0.1) is 0 Å². The number of amides is 1. The SMILES string of the molecule is COC(=O)C(C(=O)OC)c1ccc(OC)cc1NC(=O)OC(C)(C)C. The molecule has 0 saturated carbocycles. The summed E-state index contributed by atoms with van der Waals surface area (Å²) in [5.41, 5.74) is -0.340. The number of carbonyl (C=O) groups is 3. The monoisotopic (exact) mass is 353 g/mol. The minimum Gasteiger partial charge on any atom is -0.497 e. The topological polar surface area (TPSA) is 100 Å². The van der Waals surface area contributed by atoms with Crippen LogP contribution in [0, 0.1) is 0 Å². The maximum atomic E-state index is 12.1. The van der Waals surface area contributed by atoms with Crippen LogP contribution in [0.4, 0.5) is 10.5 Å². The van der Waals surface area contributed by atoms with Crippen LogP contribution in [0.25, 0.3) is 0 Å². The summed E-state index contributed by atoms with van der Waals surface area (Å²) in [4.78, 5) is 36.1. The molecular weight excluding hydrogens is 330 g/mol. The van der Waals surface area contributed by atoms with Crippen LogP contribution in [0.15, 0.2) is 18.2 Å². The third-order valence-electron chi connectivity index (χ3n) is 3.08. The van der Waals surface area contributed by atoms with Crippen LogP contribution in [0.1, 0.15) is 32.3 Å². The maximum Gasteiger partial charge on any atom is 0.412 e. The van der Waals surface area contributed by atoms with Gasteiger partial charge in [0.05, 0.1) is 27.0 Å². The largest absolute Gasteiger partial charge is 0.497 e. The number of rotatable bonds is 5. The Hall–Kier alpha value is -2.77. The molecular formula is C17H23NO7. The van der Waals surface area contributed by atoms with E-state index in [1.165, 1.54) is 19.2 Å². The van der Waals surface area contributed by atoms with Gasteiger partial charge in [0.1, 0.15) is 11.4 Å². The van der Waals surface area contributed by atoms with Crippen molar-refractivity contribution in [3.05, 3.63) is 23.8 Å². The van der Waals surface area contributed by atoms with Gasteiger partial charge in [0, 0.05) is 11.6 Å². The van der Waals surface area contributed by atoms with Gasteiger partial charge in [0.2, 0.25) is 0 Å². The highest BCUT2D eigenvalue weighted by Crippen LogP contribution is 2.31. The molecule has 0 fully saturated rings. The lowest BCUT2D eigenvalue weighted by Gasteiger charge is -2.22. The Kier molecular flexibility index (Phi) is 6.78. The Morgan fingerprint density at radius 3 is 2.00 bits per heavy atom. The van der Waals surface area contributed by atoms with E-state index in [0.29, 0.717) is 5.75 Å². The summed E-state index contributed by atoms with van der Waals surface area (Å²) >= 11 is 0. The number of anilines is 1. The summed E-state index contributed by atoms with van der Waals surface area (Å²) < 4.78 is 19.7. The molecule has 25 heavy (non-hydrogen) atoms. The summed E-state index contributed by atoms with van der Waals surface area (Å²) in [6.07, 6.45) is -0.740. The number of benzene rings is 1. The minimum atomic E-state index is -1.36.